The molecule has 2 aliphatic rings. The van der Waals surface area contributed by atoms with Gasteiger partial charge in [0.05, 0.1) is 11.2 Å². The van der Waals surface area contributed by atoms with E-state index in [2.05, 4.69) is 36.5 Å². The maximum absolute atomic E-state index is 4.99. The van der Waals surface area contributed by atoms with Crippen LogP contribution in [0.5, 0.6) is 0 Å². The van der Waals surface area contributed by atoms with E-state index in [4.69, 9.17) is 4.98 Å². The molecule has 1 aliphatic heterocycles. The van der Waals surface area contributed by atoms with Crippen molar-refractivity contribution in [2.75, 3.05) is 20.1 Å². The van der Waals surface area contributed by atoms with Crippen molar-refractivity contribution >= 4 is 11.3 Å². The molecule has 0 amide bonds. The Bertz CT molecular complexity index is 452. The summed E-state index contributed by atoms with van der Waals surface area (Å²) >= 11 is 1.87. The summed E-state index contributed by atoms with van der Waals surface area (Å²) in [6, 6.07) is 0.741. The molecule has 2 heterocycles. The molecule has 112 valence electrons. The molecule has 1 N–H and O–H groups in total. The van der Waals surface area contributed by atoms with Gasteiger partial charge in [0, 0.05) is 18.0 Å². The summed E-state index contributed by atoms with van der Waals surface area (Å²) in [7, 11) is 2.24. The lowest BCUT2D eigenvalue weighted by Gasteiger charge is -2.32. The molecule has 0 aromatic carbocycles. The normalized spacial score (nSPS) is 28.8. The van der Waals surface area contributed by atoms with Gasteiger partial charge >= 0.3 is 0 Å². The monoisotopic (exact) mass is 293 g/mol. The third-order valence-corrected chi connectivity index (χ3v) is 5.71. The van der Waals surface area contributed by atoms with Crippen LogP contribution in [0.4, 0.5) is 0 Å². The van der Waals surface area contributed by atoms with Gasteiger partial charge in [0.1, 0.15) is 5.01 Å². The zero-order valence-corrected chi connectivity index (χ0v) is 13.8. The molecule has 1 atom stereocenters. The SMILES string of the molecule is CC(C)c1csc(C2(NC3CC3)CCCN(C)CC2)n1. The van der Waals surface area contributed by atoms with Crippen LogP contribution in [0.2, 0.25) is 0 Å². The summed E-state index contributed by atoms with van der Waals surface area (Å²) in [5.74, 6) is 0.534. The van der Waals surface area contributed by atoms with E-state index in [9.17, 15) is 0 Å². The van der Waals surface area contributed by atoms with E-state index < -0.39 is 0 Å². The molecule has 1 unspecified atom stereocenters. The van der Waals surface area contributed by atoms with Crippen LogP contribution in [0.25, 0.3) is 0 Å². The van der Waals surface area contributed by atoms with Crippen LogP contribution < -0.4 is 5.32 Å². The quantitative estimate of drug-likeness (QED) is 0.923. The minimum Gasteiger partial charge on any atom is -0.306 e. The van der Waals surface area contributed by atoms with E-state index in [-0.39, 0.29) is 5.54 Å². The van der Waals surface area contributed by atoms with Gasteiger partial charge < -0.3 is 10.2 Å². The molecule has 4 heteroatoms. The van der Waals surface area contributed by atoms with Gasteiger partial charge in [-0.2, -0.15) is 0 Å². The first kappa shape index (κ1) is 14.5. The maximum atomic E-state index is 4.99. The van der Waals surface area contributed by atoms with Gasteiger partial charge in [-0.25, -0.2) is 4.98 Å². The van der Waals surface area contributed by atoms with Crippen molar-refractivity contribution in [1.82, 2.24) is 15.2 Å². The number of rotatable bonds is 4. The zero-order chi connectivity index (χ0) is 14.2. The fourth-order valence-corrected chi connectivity index (χ4v) is 4.28. The number of likely N-dealkylation sites (tertiary alicyclic amines) is 1. The molecule has 1 aromatic rings. The second kappa shape index (κ2) is 5.74. The predicted molar refractivity (Wildman–Crippen MR) is 85.4 cm³/mol. The molecule has 0 radical (unpaired) electrons. The number of nitrogens with one attached hydrogen (secondary N) is 1. The van der Waals surface area contributed by atoms with Crippen LogP contribution >= 0.6 is 11.3 Å². The number of aromatic nitrogens is 1. The van der Waals surface area contributed by atoms with Crippen molar-refractivity contribution in [3.63, 3.8) is 0 Å². The molecule has 1 aromatic heterocycles. The van der Waals surface area contributed by atoms with Crippen LogP contribution in [0, 0.1) is 0 Å². The molecule has 1 aliphatic carbocycles. The van der Waals surface area contributed by atoms with Gasteiger partial charge in [-0.05, 0) is 51.6 Å². The highest BCUT2D eigenvalue weighted by molar-refractivity contribution is 7.09. The van der Waals surface area contributed by atoms with Crippen LogP contribution in [0.15, 0.2) is 5.38 Å². The molecule has 0 bridgehead atoms. The smallest absolute Gasteiger partial charge is 0.113 e. The van der Waals surface area contributed by atoms with E-state index in [0.29, 0.717) is 5.92 Å². The summed E-state index contributed by atoms with van der Waals surface area (Å²) in [6.07, 6.45) is 6.40. The largest absolute Gasteiger partial charge is 0.306 e. The van der Waals surface area contributed by atoms with Crippen molar-refractivity contribution in [3.05, 3.63) is 16.1 Å². The number of nitrogens with zero attached hydrogens (tertiary/aromatic N) is 2. The summed E-state index contributed by atoms with van der Waals surface area (Å²) in [5, 5.41) is 7.56. The Balaban J connectivity index is 1.86. The van der Waals surface area contributed by atoms with Crippen molar-refractivity contribution < 1.29 is 0 Å². The zero-order valence-electron chi connectivity index (χ0n) is 13.0. The highest BCUT2D eigenvalue weighted by Gasteiger charge is 2.40. The fraction of sp³-hybridized carbons (Fsp3) is 0.812. The minimum atomic E-state index is 0.143. The third-order valence-electron chi connectivity index (χ3n) is 4.64. The second-order valence-corrected chi connectivity index (χ2v) is 7.75. The first-order valence-electron chi connectivity index (χ1n) is 8.01. The van der Waals surface area contributed by atoms with E-state index in [1.807, 2.05) is 11.3 Å². The maximum Gasteiger partial charge on any atom is 0.113 e. The molecule has 0 spiro atoms. The Morgan fingerprint density at radius 1 is 1.35 bits per heavy atom. The lowest BCUT2D eigenvalue weighted by molar-refractivity contribution is 0.275. The molecule has 2 fully saturated rings. The minimum absolute atomic E-state index is 0.143. The van der Waals surface area contributed by atoms with Crippen molar-refractivity contribution in [2.24, 2.45) is 0 Å². The van der Waals surface area contributed by atoms with Crippen LogP contribution in [-0.4, -0.2) is 36.1 Å². The van der Waals surface area contributed by atoms with Crippen LogP contribution in [0.1, 0.15) is 62.6 Å². The third kappa shape index (κ3) is 3.07. The van der Waals surface area contributed by atoms with E-state index in [1.165, 1.54) is 55.9 Å². The van der Waals surface area contributed by atoms with Crippen molar-refractivity contribution in [1.29, 1.82) is 0 Å². The van der Waals surface area contributed by atoms with Gasteiger partial charge in [-0.1, -0.05) is 13.8 Å². The molecular weight excluding hydrogens is 266 g/mol. The predicted octanol–water partition coefficient (Wildman–Crippen LogP) is 3.33. The summed E-state index contributed by atoms with van der Waals surface area (Å²) in [6.45, 7) is 6.87. The number of thiazole rings is 1. The van der Waals surface area contributed by atoms with Gasteiger partial charge in [-0.3, -0.25) is 0 Å². The Morgan fingerprint density at radius 2 is 2.15 bits per heavy atom. The van der Waals surface area contributed by atoms with Crippen LogP contribution in [-0.2, 0) is 5.54 Å². The molecule has 3 nitrogen and oxygen atoms in total. The van der Waals surface area contributed by atoms with Crippen molar-refractivity contribution in [2.45, 2.75) is 63.5 Å². The van der Waals surface area contributed by atoms with E-state index in [0.717, 1.165) is 6.04 Å². The molecule has 1 saturated carbocycles. The molecular formula is C16H27N3S. The highest BCUT2D eigenvalue weighted by atomic mass is 32.1. The fourth-order valence-electron chi connectivity index (χ4n) is 3.08. The van der Waals surface area contributed by atoms with E-state index in [1.54, 1.807) is 0 Å². The Kier molecular flexibility index (Phi) is 4.16. The average molecular weight is 293 g/mol. The topological polar surface area (TPSA) is 28.2 Å². The van der Waals surface area contributed by atoms with Gasteiger partial charge in [0.25, 0.3) is 0 Å². The standard InChI is InChI=1S/C16H27N3S/c1-12(2)14-11-20-15(17-14)16(18-13-5-6-13)7-4-9-19(3)10-8-16/h11-13,18H,4-10H2,1-3H3. The number of hydrogen-bond acceptors (Lipinski definition) is 4. The lowest BCUT2D eigenvalue weighted by Crippen LogP contribution is -2.44. The van der Waals surface area contributed by atoms with Gasteiger partial charge in [0.15, 0.2) is 0 Å². The first-order valence-corrected chi connectivity index (χ1v) is 8.89. The second-order valence-electron chi connectivity index (χ2n) is 6.89. The first-order chi connectivity index (χ1) is 9.59. The van der Waals surface area contributed by atoms with Gasteiger partial charge in [0.2, 0.25) is 0 Å². The lowest BCUT2D eigenvalue weighted by atomic mass is 9.90. The van der Waals surface area contributed by atoms with Crippen LogP contribution in [0.3, 0.4) is 0 Å². The van der Waals surface area contributed by atoms with Crippen molar-refractivity contribution in [3.8, 4) is 0 Å². The summed E-state index contributed by atoms with van der Waals surface area (Å²) in [4.78, 5) is 7.46. The molecule has 20 heavy (non-hydrogen) atoms. The summed E-state index contributed by atoms with van der Waals surface area (Å²) < 4.78 is 0. The number of hydrogen-bond donors (Lipinski definition) is 1. The Hall–Kier alpha value is -0.450. The molecule has 3 rings (SSSR count). The summed E-state index contributed by atoms with van der Waals surface area (Å²) in [5.41, 5.74) is 1.41. The van der Waals surface area contributed by atoms with Gasteiger partial charge in [-0.15, -0.1) is 11.3 Å². The van der Waals surface area contributed by atoms with E-state index >= 15 is 0 Å². The highest BCUT2D eigenvalue weighted by Crippen LogP contribution is 2.38. The average Bonchev–Trinajstić information content (AvgIpc) is 3.11. The molecule has 1 saturated heterocycles. The Labute approximate surface area is 126 Å². The Morgan fingerprint density at radius 3 is 2.80 bits per heavy atom.